The van der Waals surface area contributed by atoms with E-state index in [1.807, 2.05) is 0 Å². The van der Waals surface area contributed by atoms with E-state index >= 15 is 0 Å². The second kappa shape index (κ2) is 10.3. The van der Waals surface area contributed by atoms with Gasteiger partial charge in [0.2, 0.25) is 5.95 Å². The van der Waals surface area contributed by atoms with Gasteiger partial charge in [-0.05, 0) is 11.8 Å². The van der Waals surface area contributed by atoms with Gasteiger partial charge in [0, 0.05) is 19.4 Å². The summed E-state index contributed by atoms with van der Waals surface area (Å²) in [7, 11) is -4.41. The van der Waals surface area contributed by atoms with Crippen molar-refractivity contribution in [3.63, 3.8) is 0 Å². The van der Waals surface area contributed by atoms with E-state index in [4.69, 9.17) is 40.2 Å². The molecule has 0 aromatic carbocycles. The smallest absolute Gasteiger partial charge is 0.336 e. The minimum absolute atomic E-state index is 0.00587. The van der Waals surface area contributed by atoms with Crippen molar-refractivity contribution in [1.29, 1.82) is 0 Å². The number of nitrogen functional groups attached to an aromatic ring is 1. The lowest BCUT2D eigenvalue weighted by Crippen LogP contribution is -2.40. The Labute approximate surface area is 240 Å². The number of H-pyrrole nitrogens is 1. The van der Waals surface area contributed by atoms with Crippen molar-refractivity contribution in [2.75, 3.05) is 18.9 Å². The van der Waals surface area contributed by atoms with Crippen molar-refractivity contribution in [1.82, 2.24) is 49.2 Å². The van der Waals surface area contributed by atoms with Gasteiger partial charge in [-0.3, -0.25) is 14.3 Å². The van der Waals surface area contributed by atoms with Crippen LogP contribution in [0.5, 0.6) is 0 Å². The van der Waals surface area contributed by atoms with Crippen LogP contribution >= 0.6 is 6.72 Å². The maximum Gasteiger partial charge on any atom is 0.336 e. The van der Waals surface area contributed by atoms with E-state index in [0.717, 1.165) is 0 Å². The van der Waals surface area contributed by atoms with Crippen LogP contribution in [0, 0.1) is 0 Å². The molecule has 4 aromatic heterocycles. The Balaban J connectivity index is 1.17. The third-order valence-corrected chi connectivity index (χ3v) is 9.47. The summed E-state index contributed by atoms with van der Waals surface area (Å²) in [6.45, 7) is -4.45. The van der Waals surface area contributed by atoms with Gasteiger partial charge in [0.25, 0.3) is 5.56 Å². The number of nitrogens with two attached hydrogens (primary N) is 1. The van der Waals surface area contributed by atoms with Gasteiger partial charge in [0.05, 0.1) is 31.3 Å². The molecule has 0 radical (unpaired) electrons. The van der Waals surface area contributed by atoms with Crippen LogP contribution in [-0.2, 0) is 44.8 Å². The van der Waals surface area contributed by atoms with E-state index < -0.39 is 59.5 Å². The lowest BCUT2D eigenvalue weighted by molar-refractivity contribution is -0.0458. The second-order valence-corrected chi connectivity index (χ2v) is 13.8. The highest BCUT2D eigenvalue weighted by atomic mass is 32.5. The Morgan fingerprint density at radius 1 is 1.17 bits per heavy atom. The average Bonchev–Trinajstić information content (AvgIpc) is 3.70. The number of aromatic nitrogens is 9. The van der Waals surface area contributed by atoms with Crippen LogP contribution in [0.3, 0.4) is 0 Å². The first-order valence-corrected chi connectivity index (χ1v) is 16.4. The van der Waals surface area contributed by atoms with Crippen LogP contribution in [0.15, 0.2) is 23.6 Å². The molecule has 5 N–H and O–H groups in total. The highest BCUT2D eigenvalue weighted by Crippen LogP contribution is 2.49. The summed E-state index contributed by atoms with van der Waals surface area (Å²) in [5, 5.41) is 8.08. The summed E-state index contributed by atoms with van der Waals surface area (Å²) in [4.78, 5) is 41.8. The second-order valence-electron chi connectivity index (χ2n) is 9.64. The number of ether oxygens (including phenoxy) is 2. The zero-order valence-corrected chi connectivity index (χ0v) is 23.7. The Morgan fingerprint density at radius 3 is 2.88 bits per heavy atom. The lowest BCUT2D eigenvalue weighted by Gasteiger charge is -2.25. The molecule has 0 amide bonds. The van der Waals surface area contributed by atoms with Gasteiger partial charge in [0.15, 0.2) is 34.8 Å². The van der Waals surface area contributed by atoms with Crippen molar-refractivity contribution in [2.45, 2.75) is 49.7 Å². The first-order chi connectivity index (χ1) is 20.1. The summed E-state index contributed by atoms with van der Waals surface area (Å²) in [5.41, 5.74) is 5.94. The molecule has 7 heterocycles. The number of nitrogens with one attached hydrogen (secondary N) is 2. The van der Waals surface area contributed by atoms with Crippen molar-refractivity contribution >= 4 is 57.1 Å². The Bertz CT molecular complexity index is 1880. The number of aromatic amines is 1. The largest absolute Gasteiger partial charge is 0.369 e. The zero-order valence-electron chi connectivity index (χ0n) is 21.2. The van der Waals surface area contributed by atoms with Gasteiger partial charge in [-0.15, -0.1) is 5.10 Å². The number of nitrogens with zero attached hydrogens (tertiary/aromatic N) is 8. The number of rotatable bonds is 2. The summed E-state index contributed by atoms with van der Waals surface area (Å²) in [6.07, 6.45) is -1.45. The predicted octanol–water partition coefficient (Wildman–Crippen LogP) is -1.64. The zero-order chi connectivity index (χ0) is 29.2. The van der Waals surface area contributed by atoms with Gasteiger partial charge in [-0.25, -0.2) is 19.1 Å². The van der Waals surface area contributed by atoms with Crippen molar-refractivity contribution < 1.29 is 36.0 Å². The molecular weight excluding hydrogens is 621 g/mol. The molecule has 224 valence electrons. The van der Waals surface area contributed by atoms with Crippen LogP contribution in [0.4, 0.5) is 5.95 Å². The minimum Gasteiger partial charge on any atom is -0.369 e. The van der Waals surface area contributed by atoms with Crippen molar-refractivity contribution in [2.24, 2.45) is 0 Å². The third-order valence-electron chi connectivity index (χ3n) is 6.87. The normalized spacial score (nSPS) is 33.6. The van der Waals surface area contributed by atoms with Crippen LogP contribution < -0.4 is 16.0 Å². The van der Waals surface area contributed by atoms with Crippen LogP contribution in [0.25, 0.3) is 22.3 Å². The molecule has 42 heavy (non-hydrogen) atoms. The molecule has 0 saturated carbocycles. The van der Waals surface area contributed by atoms with E-state index in [2.05, 4.69) is 40.0 Å². The predicted molar refractivity (Wildman–Crippen MR) is 142 cm³/mol. The molecule has 7 rings (SSSR count). The fourth-order valence-electron chi connectivity index (χ4n) is 5.08. The molecule has 3 fully saturated rings. The third kappa shape index (κ3) is 5.19. The fourth-order valence-corrected chi connectivity index (χ4v) is 7.51. The molecule has 2 bridgehead atoms. The number of fused-ring (bicyclic) bond motifs is 5. The summed E-state index contributed by atoms with van der Waals surface area (Å²) in [6, 6.07) is 0. The molecule has 0 aliphatic carbocycles. The maximum atomic E-state index is 13.1. The van der Waals surface area contributed by atoms with E-state index in [1.165, 1.54) is 28.1 Å². The molecule has 20 nitrogen and oxygen atoms in total. The number of imidazole rings is 1. The van der Waals surface area contributed by atoms with Gasteiger partial charge < -0.3 is 29.1 Å². The van der Waals surface area contributed by atoms with E-state index in [1.54, 1.807) is 0 Å². The molecule has 3 saturated heterocycles. The lowest BCUT2D eigenvalue weighted by atomic mass is 10.2. The molecular formula is C19H22N11O9PS2. The van der Waals surface area contributed by atoms with Crippen LogP contribution in [0.1, 0.15) is 25.3 Å². The van der Waals surface area contributed by atoms with Gasteiger partial charge in [-0.2, -0.15) is 22.8 Å². The Kier molecular flexibility index (Phi) is 6.80. The topological polar surface area (TPSA) is 259 Å². The Morgan fingerprint density at radius 2 is 2.02 bits per heavy atom. The number of hydrogen-bond donors (Lipinski definition) is 4. The molecule has 1 unspecified atom stereocenters. The summed E-state index contributed by atoms with van der Waals surface area (Å²) < 4.78 is 60.3. The first-order valence-electron chi connectivity index (χ1n) is 12.4. The minimum atomic E-state index is -4.41. The summed E-state index contributed by atoms with van der Waals surface area (Å²) >= 11 is 5.27. The molecule has 7 atom stereocenters. The highest BCUT2D eigenvalue weighted by Gasteiger charge is 2.45. The van der Waals surface area contributed by atoms with Crippen LogP contribution in [0.2, 0.25) is 0 Å². The van der Waals surface area contributed by atoms with E-state index in [9.17, 15) is 18.1 Å². The molecule has 4 aromatic rings. The van der Waals surface area contributed by atoms with Gasteiger partial charge >= 0.3 is 17.0 Å². The molecule has 3 aliphatic heterocycles. The molecule has 3 aliphatic rings. The van der Waals surface area contributed by atoms with Crippen LogP contribution in [-0.4, -0.2) is 95.4 Å². The average molecular weight is 644 g/mol. The fraction of sp³-hybridized carbons (Fsp3) is 0.526. The number of anilines is 1. The number of hydrogen-bond acceptors (Lipinski definition) is 16. The van der Waals surface area contributed by atoms with Gasteiger partial charge in [-0.1, -0.05) is 5.21 Å². The molecule has 23 heteroatoms. The maximum absolute atomic E-state index is 13.1. The summed E-state index contributed by atoms with van der Waals surface area (Å²) in [5.74, 6) is -0.171. The quantitative estimate of drug-likeness (QED) is 0.179. The van der Waals surface area contributed by atoms with Crippen molar-refractivity contribution in [3.8, 4) is 0 Å². The van der Waals surface area contributed by atoms with Crippen molar-refractivity contribution in [3.05, 3.63) is 29.2 Å². The monoisotopic (exact) mass is 643 g/mol. The molecule has 0 spiro atoms. The van der Waals surface area contributed by atoms with E-state index in [0.29, 0.717) is 11.2 Å². The SMILES string of the molecule is Nc1nc2c(ncn2[C@@H]2O[C@@H]3COP(O)(=S)O[C@H]4C[C@H](n5nnc6cncnc65)O[C@@H]4CNS(=O)(=O)O[C@@H]2C3)c(=O)[nH]1. The standard InChI is InChI=1S/C19H22N11O9PS2/c20-19-25-16-14(17(31)26-19)23-7-29(16)18-11-1-8(36-18)5-35-40(32,41)38-10-2-13(37-12(10)4-24-42(33,34)39-11)30-15-9(27-28-30)3-21-6-22-15/h3,6-8,10-13,18,24H,1-2,4-5H2,(H,32,41)(H3,20,25,26,31)/t8-,10-,11+,12+,13+,18+,40?/m0/s1. The van der Waals surface area contributed by atoms with E-state index in [-0.39, 0.29) is 43.1 Å². The van der Waals surface area contributed by atoms with Gasteiger partial charge in [0.1, 0.15) is 18.5 Å². The Hall–Kier alpha value is -3.05. The highest BCUT2D eigenvalue weighted by molar-refractivity contribution is 8.07. The first kappa shape index (κ1) is 27.8.